The molecule has 0 saturated carbocycles. The van der Waals surface area contributed by atoms with Crippen LogP contribution in [0.25, 0.3) is 11.1 Å². The quantitative estimate of drug-likeness (QED) is 0.156. The van der Waals surface area contributed by atoms with E-state index in [0.717, 1.165) is 16.5 Å². The molecule has 0 fully saturated rings. The van der Waals surface area contributed by atoms with Crippen LogP contribution in [-0.4, -0.2) is 4.21 Å². The first kappa shape index (κ1) is 45.3. The van der Waals surface area contributed by atoms with Gasteiger partial charge in [0, 0.05) is 0 Å². The molecule has 1 unspecified atom stereocenters. The van der Waals surface area contributed by atoms with E-state index in [2.05, 4.69) is 114 Å². The van der Waals surface area contributed by atoms with Gasteiger partial charge in [-0.1, -0.05) is 93.5 Å². The SMILES string of the molecule is CCCC1[C-]=CC(C(C)(C)C)=C1.Cc1[c-]c2c(cc1C)-c1cc(C)c(C)cc1C2.Cl.Cl.Clc1cc[c-]cc1.Clc1cc[c-]cc1.[CH2]=[Zr]. The first-order valence-electron chi connectivity index (χ1n) is 15.4. The Morgan fingerprint density at radius 3 is 1.70 bits per heavy atom. The molecule has 0 spiro atoms. The van der Waals surface area contributed by atoms with Gasteiger partial charge in [0.05, 0.1) is 0 Å². The van der Waals surface area contributed by atoms with E-state index < -0.39 is 0 Å². The molecule has 2 aliphatic rings. The fourth-order valence-corrected chi connectivity index (χ4v) is 5.09. The van der Waals surface area contributed by atoms with Gasteiger partial charge in [-0.2, -0.15) is 95.6 Å². The molecule has 0 N–H and O–H groups in total. The van der Waals surface area contributed by atoms with Crippen molar-refractivity contribution in [1.29, 1.82) is 0 Å². The molecule has 252 valence electrons. The zero-order chi connectivity index (χ0) is 33.6. The van der Waals surface area contributed by atoms with Crippen molar-refractivity contribution in [2.75, 3.05) is 0 Å². The Morgan fingerprint density at radius 2 is 1.28 bits per heavy atom. The number of aryl methyl sites for hydroxylation is 4. The number of allylic oxidation sites excluding steroid dienone is 4. The van der Waals surface area contributed by atoms with Crippen molar-refractivity contribution in [2.24, 2.45) is 11.3 Å². The van der Waals surface area contributed by atoms with E-state index in [4.69, 9.17) is 23.2 Å². The third-order valence-corrected chi connectivity index (χ3v) is 8.15. The van der Waals surface area contributed by atoms with E-state index in [1.54, 1.807) is 48.5 Å². The molecule has 0 aliphatic heterocycles. The van der Waals surface area contributed by atoms with Crippen LogP contribution in [-0.2, 0) is 30.7 Å². The van der Waals surface area contributed by atoms with Crippen molar-refractivity contribution in [3.63, 3.8) is 0 Å². The summed E-state index contributed by atoms with van der Waals surface area (Å²) in [5.74, 6) is 0.587. The predicted molar refractivity (Wildman–Crippen MR) is 208 cm³/mol. The molecule has 1 atom stereocenters. The maximum atomic E-state index is 5.52. The maximum absolute atomic E-state index is 5.52. The van der Waals surface area contributed by atoms with Crippen molar-refractivity contribution in [2.45, 2.75) is 74.7 Å². The van der Waals surface area contributed by atoms with Gasteiger partial charge < -0.3 is 0 Å². The van der Waals surface area contributed by atoms with E-state index in [1.807, 2.05) is 0 Å². The summed E-state index contributed by atoms with van der Waals surface area (Å²) in [6.07, 6.45) is 11.5. The number of halogens is 4. The molecule has 0 bridgehead atoms. The van der Waals surface area contributed by atoms with Crippen LogP contribution in [0.1, 0.15) is 73.9 Å². The molecule has 5 heteroatoms. The normalized spacial score (nSPS) is 13.0. The molecule has 0 amide bonds. The van der Waals surface area contributed by atoms with Crippen molar-refractivity contribution in [3.8, 4) is 11.1 Å². The fourth-order valence-electron chi connectivity index (χ4n) is 4.83. The first-order chi connectivity index (χ1) is 21.4. The zero-order valence-corrected chi connectivity index (χ0v) is 34.6. The van der Waals surface area contributed by atoms with Gasteiger partial charge in [-0.05, 0) is 37.0 Å². The van der Waals surface area contributed by atoms with Crippen LogP contribution in [0.3, 0.4) is 0 Å². The minimum absolute atomic E-state index is 0. The summed E-state index contributed by atoms with van der Waals surface area (Å²) < 4.78 is 3.34. The molecular weight excluding hydrogens is 737 g/mol. The molecule has 4 aromatic rings. The van der Waals surface area contributed by atoms with Crippen LogP contribution >= 0.6 is 48.0 Å². The van der Waals surface area contributed by atoms with E-state index in [1.165, 1.54) is 87.2 Å². The third-order valence-electron chi connectivity index (χ3n) is 7.65. The van der Waals surface area contributed by atoms with Gasteiger partial charge in [0.1, 0.15) is 0 Å². The van der Waals surface area contributed by atoms with Crippen LogP contribution in [0.15, 0.2) is 84.5 Å². The summed E-state index contributed by atoms with van der Waals surface area (Å²) in [5, 5.41) is 1.53. The van der Waals surface area contributed by atoms with Crippen molar-refractivity contribution in [3.05, 3.63) is 152 Å². The monoisotopic (exact) mass is 782 g/mol. The second-order valence-corrected chi connectivity index (χ2v) is 13.1. The number of benzene rings is 4. The molecule has 0 radical (unpaired) electrons. The van der Waals surface area contributed by atoms with Gasteiger partial charge in [0.2, 0.25) is 0 Å². The van der Waals surface area contributed by atoms with E-state index in [9.17, 15) is 0 Å². The Morgan fingerprint density at radius 1 is 0.787 bits per heavy atom. The zero-order valence-electron chi connectivity index (χ0n) is 29.0. The summed E-state index contributed by atoms with van der Waals surface area (Å²) in [5.41, 5.74) is 12.8. The van der Waals surface area contributed by atoms with Crippen LogP contribution < -0.4 is 0 Å². The molecule has 0 nitrogen and oxygen atoms in total. The average molecular weight is 786 g/mol. The Balaban J connectivity index is 0.000000620. The minimum atomic E-state index is 0. The second-order valence-electron chi connectivity index (χ2n) is 12.3. The summed E-state index contributed by atoms with van der Waals surface area (Å²) in [4.78, 5) is 0. The van der Waals surface area contributed by atoms with Crippen molar-refractivity contribution in [1.82, 2.24) is 0 Å². The third kappa shape index (κ3) is 15.1. The number of hydrogen-bond donors (Lipinski definition) is 0. The Bertz CT molecular complexity index is 1460. The standard InChI is InChI=1S/C17H17.C12H19.2C6H4Cl.CH2.2ClH.Zr/c1-10-5-14-9-15-6-11(2)13(4)8-17(15)16(14)7-12(10)3;1-5-6-10-7-8-11(9-10)12(2,3)4;2*7-6-4-2-1-3-5-6;;;;/h5,7-8H,9H2,1-4H3;8-10H,5-6H2,1-4H3;2*2-5H;1H2;2*1H;/q4*-1;;;;. The molecule has 47 heavy (non-hydrogen) atoms. The predicted octanol–water partition coefficient (Wildman–Crippen LogP) is 13.1. The molecule has 4 aromatic carbocycles. The molecule has 6 rings (SSSR count). The fraction of sp³-hybridized carbons (Fsp3) is 0.310. The van der Waals surface area contributed by atoms with Gasteiger partial charge in [-0.3, -0.25) is 6.08 Å². The summed E-state index contributed by atoms with van der Waals surface area (Å²) >= 11 is 12.3. The Labute approximate surface area is 323 Å². The average Bonchev–Trinajstić information content (AvgIpc) is 3.62. The van der Waals surface area contributed by atoms with Crippen LogP contribution in [0.4, 0.5) is 0 Å². The Kier molecular flexibility index (Phi) is 22.0. The molecule has 2 aliphatic carbocycles. The molecule has 0 saturated heterocycles. The number of rotatable bonds is 2. The van der Waals surface area contributed by atoms with Gasteiger partial charge in [-0.25, -0.2) is 6.08 Å². The second kappa shape index (κ2) is 22.8. The van der Waals surface area contributed by atoms with Gasteiger partial charge in [-0.15, -0.1) is 59.1 Å². The molecule has 0 aromatic heterocycles. The van der Waals surface area contributed by atoms with Crippen LogP contribution in [0.5, 0.6) is 0 Å². The first-order valence-corrected chi connectivity index (χ1v) is 17.9. The van der Waals surface area contributed by atoms with Crippen LogP contribution in [0, 0.1) is 63.3 Å². The molecular formula is C42H48Cl4Zr-4. The van der Waals surface area contributed by atoms with E-state index in [0.29, 0.717) is 11.3 Å². The summed E-state index contributed by atoms with van der Waals surface area (Å²) in [7, 11) is 0. The van der Waals surface area contributed by atoms with Gasteiger partial charge >= 0.3 is 28.4 Å². The summed E-state index contributed by atoms with van der Waals surface area (Å²) in [6.45, 7) is 17.7. The Hall–Kier alpha value is -1.73. The molecule has 0 heterocycles. The number of hydrogen-bond acceptors (Lipinski definition) is 0. The number of fused-ring (bicyclic) bond motifs is 3. The van der Waals surface area contributed by atoms with Crippen LogP contribution in [0.2, 0.25) is 10.0 Å². The van der Waals surface area contributed by atoms with E-state index >= 15 is 0 Å². The summed E-state index contributed by atoms with van der Waals surface area (Å²) in [6, 6.07) is 30.5. The van der Waals surface area contributed by atoms with Crippen molar-refractivity contribution >= 4 is 52.2 Å². The van der Waals surface area contributed by atoms with Gasteiger partial charge in [0.15, 0.2) is 0 Å². The van der Waals surface area contributed by atoms with Gasteiger partial charge in [0.25, 0.3) is 0 Å². The topological polar surface area (TPSA) is 0 Å². The van der Waals surface area contributed by atoms with Crippen molar-refractivity contribution < 1.29 is 24.2 Å². The van der Waals surface area contributed by atoms with E-state index in [-0.39, 0.29) is 24.8 Å².